The second kappa shape index (κ2) is 10.3. The van der Waals surface area contributed by atoms with E-state index in [1.54, 1.807) is 12.1 Å². The van der Waals surface area contributed by atoms with Crippen molar-refractivity contribution in [3.8, 4) is 17.5 Å². The van der Waals surface area contributed by atoms with Crippen LogP contribution in [0, 0.1) is 27.7 Å². The van der Waals surface area contributed by atoms with Gasteiger partial charge in [0.25, 0.3) is 0 Å². The van der Waals surface area contributed by atoms with Crippen molar-refractivity contribution in [2.24, 2.45) is 0 Å². The summed E-state index contributed by atoms with van der Waals surface area (Å²) in [4.78, 5) is 20.8. The molecule has 0 aliphatic carbocycles. The fourth-order valence-electron chi connectivity index (χ4n) is 3.12. The largest absolute Gasteiger partial charge is 0.494 e. The van der Waals surface area contributed by atoms with Gasteiger partial charge in [0, 0.05) is 34.6 Å². The Balaban J connectivity index is 1.49. The Hall–Kier alpha value is -3.12. The Morgan fingerprint density at radius 1 is 0.968 bits per heavy atom. The third-order valence-corrected chi connectivity index (χ3v) is 5.11. The Labute approximate surface area is 187 Å². The van der Waals surface area contributed by atoms with Crippen molar-refractivity contribution in [1.29, 1.82) is 0 Å². The Bertz CT molecular complexity index is 1040. The maximum atomic E-state index is 12.3. The van der Waals surface area contributed by atoms with Gasteiger partial charge in [-0.1, -0.05) is 17.7 Å². The minimum atomic E-state index is -0.0909. The number of amides is 1. The van der Waals surface area contributed by atoms with Crippen LogP contribution in [0.3, 0.4) is 0 Å². The predicted molar refractivity (Wildman–Crippen MR) is 122 cm³/mol. The van der Waals surface area contributed by atoms with Gasteiger partial charge in [-0.05, 0) is 75.6 Å². The highest BCUT2D eigenvalue weighted by Crippen LogP contribution is 2.26. The van der Waals surface area contributed by atoms with Crippen LogP contribution in [0.2, 0.25) is 5.02 Å². The molecular weight excluding hydrogens is 414 g/mol. The molecule has 3 aromatic rings. The number of aromatic nitrogens is 2. The van der Waals surface area contributed by atoms with Crippen molar-refractivity contribution in [3.05, 3.63) is 70.0 Å². The number of anilines is 1. The summed E-state index contributed by atoms with van der Waals surface area (Å²) in [6, 6.07) is 13.1. The van der Waals surface area contributed by atoms with E-state index in [0.717, 1.165) is 33.3 Å². The molecule has 162 valence electrons. The molecule has 0 saturated heterocycles. The van der Waals surface area contributed by atoms with Gasteiger partial charge < -0.3 is 14.8 Å². The number of hydrogen-bond acceptors (Lipinski definition) is 5. The van der Waals surface area contributed by atoms with Crippen LogP contribution in [0.25, 0.3) is 0 Å². The molecule has 0 spiro atoms. The maximum Gasteiger partial charge on any atom is 0.322 e. The summed E-state index contributed by atoms with van der Waals surface area (Å²) in [5, 5.41) is 3.63. The topological polar surface area (TPSA) is 73.3 Å². The lowest BCUT2D eigenvalue weighted by Gasteiger charge is -2.11. The lowest BCUT2D eigenvalue weighted by Crippen LogP contribution is -2.12. The number of ether oxygens (including phenoxy) is 2. The van der Waals surface area contributed by atoms with Crippen molar-refractivity contribution in [3.63, 3.8) is 0 Å². The molecule has 0 fully saturated rings. The first-order chi connectivity index (χ1) is 14.8. The lowest BCUT2D eigenvalue weighted by atomic mass is 10.1. The summed E-state index contributed by atoms with van der Waals surface area (Å²) >= 11 is 6.18. The first kappa shape index (κ1) is 22.6. The summed E-state index contributed by atoms with van der Waals surface area (Å²) in [6.07, 6.45) is 0.940. The van der Waals surface area contributed by atoms with Crippen LogP contribution in [-0.2, 0) is 4.79 Å². The monoisotopic (exact) mass is 439 g/mol. The normalized spacial score (nSPS) is 10.6. The van der Waals surface area contributed by atoms with Crippen LogP contribution in [-0.4, -0.2) is 22.5 Å². The van der Waals surface area contributed by atoms with Crippen molar-refractivity contribution >= 4 is 23.2 Å². The maximum absolute atomic E-state index is 12.3. The van der Waals surface area contributed by atoms with Crippen LogP contribution in [0.15, 0.2) is 42.5 Å². The van der Waals surface area contributed by atoms with Crippen LogP contribution in [0.5, 0.6) is 17.5 Å². The molecule has 0 aliphatic heterocycles. The number of carbonyl (C=O) groups excluding carboxylic acids is 1. The molecule has 1 amide bonds. The minimum absolute atomic E-state index is 0.0909. The number of nitrogens with one attached hydrogen (secondary N) is 1. The molecular formula is C24H26ClN3O3. The first-order valence-corrected chi connectivity index (χ1v) is 10.5. The quantitative estimate of drug-likeness (QED) is 0.439. The summed E-state index contributed by atoms with van der Waals surface area (Å²) < 4.78 is 11.5. The molecule has 1 N–H and O–H groups in total. The highest BCUT2D eigenvalue weighted by atomic mass is 35.5. The van der Waals surface area contributed by atoms with E-state index >= 15 is 0 Å². The second-order valence-corrected chi connectivity index (χ2v) is 7.81. The van der Waals surface area contributed by atoms with E-state index in [1.165, 1.54) is 0 Å². The van der Waals surface area contributed by atoms with E-state index in [2.05, 4.69) is 15.3 Å². The van der Waals surface area contributed by atoms with E-state index in [4.69, 9.17) is 21.1 Å². The number of benzene rings is 2. The Morgan fingerprint density at radius 2 is 1.65 bits per heavy atom. The molecule has 7 heteroatoms. The summed E-state index contributed by atoms with van der Waals surface area (Å²) in [6.45, 7) is 8.11. The molecule has 0 unspecified atom stereocenters. The van der Waals surface area contributed by atoms with Gasteiger partial charge in [0.15, 0.2) is 0 Å². The minimum Gasteiger partial charge on any atom is -0.494 e. The molecule has 0 atom stereocenters. The number of hydrogen-bond donors (Lipinski definition) is 1. The van der Waals surface area contributed by atoms with E-state index in [9.17, 15) is 4.79 Å². The van der Waals surface area contributed by atoms with Crippen LogP contribution < -0.4 is 14.8 Å². The molecule has 31 heavy (non-hydrogen) atoms. The zero-order chi connectivity index (χ0) is 22.4. The molecule has 0 bridgehead atoms. The van der Waals surface area contributed by atoms with Gasteiger partial charge in [-0.15, -0.1) is 0 Å². The average molecular weight is 440 g/mol. The zero-order valence-electron chi connectivity index (χ0n) is 18.2. The molecule has 1 aromatic heterocycles. The first-order valence-electron chi connectivity index (χ1n) is 10.1. The molecule has 0 radical (unpaired) electrons. The van der Waals surface area contributed by atoms with Crippen molar-refractivity contribution in [2.75, 3.05) is 11.9 Å². The van der Waals surface area contributed by atoms with E-state index in [0.29, 0.717) is 30.9 Å². The highest BCUT2D eigenvalue weighted by Gasteiger charge is 2.07. The SMILES string of the molecule is Cc1cc(C)nc(Oc2cccc(NC(=O)CCCOc3cc(C)c(Cl)c(C)c3)c2)n1. The lowest BCUT2D eigenvalue weighted by molar-refractivity contribution is -0.116. The van der Waals surface area contributed by atoms with Gasteiger partial charge in [-0.2, -0.15) is 0 Å². The van der Waals surface area contributed by atoms with Crippen LogP contribution in [0.4, 0.5) is 5.69 Å². The highest BCUT2D eigenvalue weighted by molar-refractivity contribution is 6.32. The Kier molecular flexibility index (Phi) is 7.47. The predicted octanol–water partition coefficient (Wildman–Crippen LogP) is 5.95. The number of nitrogens with zero attached hydrogens (tertiary/aromatic N) is 2. The third-order valence-electron chi connectivity index (χ3n) is 4.52. The number of halogens is 1. The average Bonchev–Trinajstić information content (AvgIpc) is 2.69. The summed E-state index contributed by atoms with van der Waals surface area (Å²) in [7, 11) is 0. The van der Waals surface area contributed by atoms with E-state index < -0.39 is 0 Å². The van der Waals surface area contributed by atoms with Gasteiger partial charge in [0.1, 0.15) is 11.5 Å². The standard InChI is InChI=1S/C24H26ClN3O3/c1-15-11-21(12-16(2)23(15)25)30-10-6-9-22(29)28-19-7-5-8-20(14-19)31-24-26-17(3)13-18(4)27-24/h5,7-8,11-14H,6,9-10H2,1-4H3,(H,28,29). The molecule has 1 heterocycles. The fourth-order valence-corrected chi connectivity index (χ4v) is 3.23. The smallest absolute Gasteiger partial charge is 0.322 e. The molecule has 2 aromatic carbocycles. The van der Waals surface area contributed by atoms with Crippen molar-refractivity contribution in [1.82, 2.24) is 9.97 Å². The summed E-state index contributed by atoms with van der Waals surface area (Å²) in [5.41, 5.74) is 4.26. The fraction of sp³-hybridized carbons (Fsp3) is 0.292. The molecule has 6 nitrogen and oxygen atoms in total. The number of aryl methyl sites for hydroxylation is 4. The van der Waals surface area contributed by atoms with Gasteiger partial charge in [0.05, 0.1) is 6.61 Å². The Morgan fingerprint density at radius 3 is 2.32 bits per heavy atom. The number of carbonyl (C=O) groups is 1. The number of rotatable bonds is 8. The van der Waals surface area contributed by atoms with E-state index in [-0.39, 0.29) is 11.9 Å². The second-order valence-electron chi connectivity index (χ2n) is 7.43. The molecule has 0 saturated carbocycles. The third kappa shape index (κ3) is 6.69. The zero-order valence-corrected chi connectivity index (χ0v) is 18.9. The molecule has 3 rings (SSSR count). The van der Waals surface area contributed by atoms with Gasteiger partial charge in [-0.25, -0.2) is 9.97 Å². The van der Waals surface area contributed by atoms with E-state index in [1.807, 2.05) is 58.0 Å². The molecule has 0 aliphatic rings. The van der Waals surface area contributed by atoms with Gasteiger partial charge in [0.2, 0.25) is 5.91 Å². The summed E-state index contributed by atoms with van der Waals surface area (Å²) in [5.74, 6) is 1.23. The van der Waals surface area contributed by atoms with Crippen LogP contribution in [0.1, 0.15) is 35.4 Å². The van der Waals surface area contributed by atoms with Crippen molar-refractivity contribution in [2.45, 2.75) is 40.5 Å². The van der Waals surface area contributed by atoms with Gasteiger partial charge in [-0.3, -0.25) is 4.79 Å². The van der Waals surface area contributed by atoms with Crippen LogP contribution >= 0.6 is 11.6 Å². The van der Waals surface area contributed by atoms with Gasteiger partial charge >= 0.3 is 6.01 Å². The van der Waals surface area contributed by atoms with Crippen molar-refractivity contribution < 1.29 is 14.3 Å².